The molecule has 0 fully saturated rings. The summed E-state index contributed by atoms with van der Waals surface area (Å²) in [6.45, 7) is 2.08. The maximum Gasteiger partial charge on any atom is 0.292 e. The highest BCUT2D eigenvalue weighted by atomic mass is 32.2. The lowest BCUT2D eigenvalue weighted by Gasteiger charge is -2.09. The van der Waals surface area contributed by atoms with Gasteiger partial charge in [-0.25, -0.2) is 0 Å². The average molecular weight is 302 g/mol. The topological polar surface area (TPSA) is 55.2 Å². The van der Waals surface area contributed by atoms with Crippen LogP contribution in [0.2, 0.25) is 0 Å². The minimum absolute atomic E-state index is 0.131. The molecule has 0 saturated heterocycles. The molecule has 0 aliphatic rings. The largest absolute Gasteiger partial charge is 0.382 e. The van der Waals surface area contributed by atoms with E-state index in [1.165, 1.54) is 17.2 Å². The number of anilines is 1. The van der Waals surface area contributed by atoms with Gasteiger partial charge in [-0.15, -0.1) is 0 Å². The molecule has 0 amide bonds. The molecule has 0 aromatic heterocycles. The summed E-state index contributed by atoms with van der Waals surface area (Å²) in [6.07, 6.45) is 0. The Morgan fingerprint density at radius 3 is 2.62 bits per heavy atom. The molecule has 2 aromatic rings. The Bertz CT molecular complexity index is 644. The lowest BCUT2D eigenvalue weighted by Crippen LogP contribution is -2.00. The summed E-state index contributed by atoms with van der Waals surface area (Å²) in [4.78, 5) is 10.7. The van der Waals surface area contributed by atoms with Crippen LogP contribution in [0.15, 0.2) is 42.5 Å². The molecular weight excluding hydrogens is 284 g/mol. The second-order valence-electron chi connectivity index (χ2n) is 4.80. The van der Waals surface area contributed by atoms with E-state index in [1.54, 1.807) is 24.9 Å². The third kappa shape index (κ3) is 3.98. The van der Waals surface area contributed by atoms with Crippen LogP contribution in [0.1, 0.15) is 16.7 Å². The summed E-state index contributed by atoms with van der Waals surface area (Å²) in [5.41, 5.74) is 4.23. The summed E-state index contributed by atoms with van der Waals surface area (Å²) in [6, 6.07) is 13.6. The fraction of sp³-hybridized carbons (Fsp3) is 0.250. The molecule has 0 saturated carbocycles. The van der Waals surface area contributed by atoms with Crippen molar-refractivity contribution in [3.63, 3.8) is 0 Å². The Hall–Kier alpha value is -2.01. The normalized spacial score (nSPS) is 10.4. The SMILES string of the molecule is CNc1c(CSCc2cccc(C)c2)cccc1[N+](=O)[O-]. The maximum absolute atomic E-state index is 11.0. The van der Waals surface area contributed by atoms with E-state index in [0.717, 1.165) is 17.1 Å². The van der Waals surface area contributed by atoms with Gasteiger partial charge < -0.3 is 5.32 Å². The second kappa shape index (κ2) is 7.13. The van der Waals surface area contributed by atoms with Crippen LogP contribution in [0, 0.1) is 17.0 Å². The first-order valence-electron chi connectivity index (χ1n) is 6.69. The minimum atomic E-state index is -0.347. The molecule has 5 heteroatoms. The fourth-order valence-corrected chi connectivity index (χ4v) is 3.21. The van der Waals surface area contributed by atoms with Gasteiger partial charge in [-0.05, 0) is 18.1 Å². The first-order valence-corrected chi connectivity index (χ1v) is 7.84. The van der Waals surface area contributed by atoms with E-state index in [0.29, 0.717) is 5.69 Å². The highest BCUT2D eigenvalue weighted by Gasteiger charge is 2.15. The quantitative estimate of drug-likeness (QED) is 0.635. The van der Waals surface area contributed by atoms with Gasteiger partial charge in [-0.3, -0.25) is 10.1 Å². The minimum Gasteiger partial charge on any atom is -0.382 e. The molecule has 0 aliphatic carbocycles. The van der Waals surface area contributed by atoms with Crippen molar-refractivity contribution in [2.24, 2.45) is 0 Å². The second-order valence-corrected chi connectivity index (χ2v) is 5.79. The highest BCUT2D eigenvalue weighted by molar-refractivity contribution is 7.97. The zero-order valence-corrected chi connectivity index (χ0v) is 12.9. The zero-order chi connectivity index (χ0) is 15.2. The van der Waals surface area contributed by atoms with Gasteiger partial charge in [-0.2, -0.15) is 11.8 Å². The average Bonchev–Trinajstić information content (AvgIpc) is 2.47. The molecule has 0 bridgehead atoms. The third-order valence-electron chi connectivity index (χ3n) is 3.18. The molecule has 4 nitrogen and oxygen atoms in total. The number of rotatable bonds is 6. The predicted octanol–water partition coefficient (Wildman–Crippen LogP) is 4.38. The third-order valence-corrected chi connectivity index (χ3v) is 4.24. The smallest absolute Gasteiger partial charge is 0.292 e. The van der Waals surface area contributed by atoms with Crippen molar-refractivity contribution in [2.75, 3.05) is 12.4 Å². The number of aryl methyl sites for hydroxylation is 1. The van der Waals surface area contributed by atoms with Crippen molar-refractivity contribution in [3.8, 4) is 0 Å². The molecule has 0 unspecified atom stereocenters. The number of nitrogens with one attached hydrogen (secondary N) is 1. The standard InChI is InChI=1S/C16H18N2O2S/c1-12-5-3-6-13(9-12)10-21-11-14-7-4-8-15(18(19)20)16(14)17-2/h3-9,17H,10-11H2,1-2H3. The molecule has 0 radical (unpaired) electrons. The van der Waals surface area contributed by atoms with Crippen LogP contribution in [0.5, 0.6) is 0 Å². The number of nitro benzene ring substituents is 1. The van der Waals surface area contributed by atoms with Gasteiger partial charge in [0.25, 0.3) is 5.69 Å². The lowest BCUT2D eigenvalue weighted by atomic mass is 10.1. The zero-order valence-electron chi connectivity index (χ0n) is 12.1. The Kier molecular flexibility index (Phi) is 5.22. The monoisotopic (exact) mass is 302 g/mol. The number of hydrogen-bond acceptors (Lipinski definition) is 4. The Morgan fingerprint density at radius 1 is 1.19 bits per heavy atom. The van der Waals surface area contributed by atoms with Crippen molar-refractivity contribution >= 4 is 23.1 Å². The first kappa shape index (κ1) is 15.4. The molecule has 0 spiro atoms. The molecule has 0 heterocycles. The van der Waals surface area contributed by atoms with Gasteiger partial charge in [0.05, 0.1) is 4.92 Å². The van der Waals surface area contributed by atoms with Crippen molar-refractivity contribution in [2.45, 2.75) is 18.4 Å². The Morgan fingerprint density at radius 2 is 1.95 bits per heavy atom. The van der Waals surface area contributed by atoms with Crippen molar-refractivity contribution in [1.29, 1.82) is 0 Å². The summed E-state index contributed by atoms with van der Waals surface area (Å²) in [5, 5.41) is 14.0. The molecule has 1 N–H and O–H groups in total. The van der Waals surface area contributed by atoms with Gasteiger partial charge in [0.2, 0.25) is 0 Å². The van der Waals surface area contributed by atoms with E-state index in [1.807, 2.05) is 6.07 Å². The summed E-state index contributed by atoms with van der Waals surface area (Å²) in [7, 11) is 1.72. The van der Waals surface area contributed by atoms with E-state index < -0.39 is 0 Å². The molecule has 2 rings (SSSR count). The van der Waals surface area contributed by atoms with Crippen LogP contribution in [-0.2, 0) is 11.5 Å². The summed E-state index contributed by atoms with van der Waals surface area (Å²) in [5.74, 6) is 1.64. The van der Waals surface area contributed by atoms with E-state index in [4.69, 9.17) is 0 Å². The van der Waals surface area contributed by atoms with Crippen LogP contribution >= 0.6 is 11.8 Å². The number of benzene rings is 2. The van der Waals surface area contributed by atoms with Gasteiger partial charge in [0, 0.05) is 24.6 Å². The molecule has 21 heavy (non-hydrogen) atoms. The van der Waals surface area contributed by atoms with Crippen LogP contribution in [0.25, 0.3) is 0 Å². The van der Waals surface area contributed by atoms with Crippen molar-refractivity contribution < 1.29 is 4.92 Å². The summed E-state index contributed by atoms with van der Waals surface area (Å²) >= 11 is 1.76. The Labute approximate surface area is 128 Å². The number of thioether (sulfide) groups is 1. The molecule has 110 valence electrons. The number of para-hydroxylation sites is 1. The Balaban J connectivity index is 2.06. The lowest BCUT2D eigenvalue weighted by molar-refractivity contribution is -0.384. The summed E-state index contributed by atoms with van der Waals surface area (Å²) < 4.78 is 0. The van der Waals surface area contributed by atoms with E-state index in [2.05, 4.69) is 36.5 Å². The number of hydrogen-bond donors (Lipinski definition) is 1. The first-order chi connectivity index (χ1) is 10.1. The van der Waals surface area contributed by atoms with Gasteiger partial charge in [0.1, 0.15) is 5.69 Å². The molecule has 2 aromatic carbocycles. The predicted molar refractivity (Wildman–Crippen MR) is 88.8 cm³/mol. The van der Waals surface area contributed by atoms with Gasteiger partial charge >= 0.3 is 0 Å². The van der Waals surface area contributed by atoms with Gasteiger partial charge in [0.15, 0.2) is 0 Å². The molecule has 0 aliphatic heterocycles. The van der Waals surface area contributed by atoms with Crippen molar-refractivity contribution in [1.82, 2.24) is 0 Å². The van der Waals surface area contributed by atoms with E-state index >= 15 is 0 Å². The van der Waals surface area contributed by atoms with Crippen molar-refractivity contribution in [3.05, 3.63) is 69.3 Å². The number of nitrogens with zero attached hydrogens (tertiary/aromatic N) is 1. The fourth-order valence-electron chi connectivity index (χ4n) is 2.23. The number of nitro groups is 1. The van der Waals surface area contributed by atoms with Crippen LogP contribution in [0.3, 0.4) is 0 Å². The van der Waals surface area contributed by atoms with E-state index in [9.17, 15) is 10.1 Å². The maximum atomic E-state index is 11.0. The molecule has 0 atom stereocenters. The van der Waals surface area contributed by atoms with Crippen LogP contribution < -0.4 is 5.32 Å². The van der Waals surface area contributed by atoms with Crippen LogP contribution in [-0.4, -0.2) is 12.0 Å². The van der Waals surface area contributed by atoms with Crippen LogP contribution in [0.4, 0.5) is 11.4 Å². The van der Waals surface area contributed by atoms with Gasteiger partial charge in [-0.1, -0.05) is 42.0 Å². The highest BCUT2D eigenvalue weighted by Crippen LogP contribution is 2.31. The van der Waals surface area contributed by atoms with E-state index in [-0.39, 0.29) is 10.6 Å². The molecular formula is C16H18N2O2S.